The minimum Gasteiger partial charge on any atom is -0.497 e. The Balaban J connectivity index is 2.14. The molecular weight excluding hydrogens is 288 g/mol. The topological polar surface area (TPSA) is 41.6 Å². The second-order valence-corrected chi connectivity index (χ2v) is 5.39. The molecule has 2 aromatic carbocycles. The normalized spacial score (nSPS) is 10.2. The zero-order valence-electron chi connectivity index (χ0n) is 13.8. The van der Waals surface area contributed by atoms with Gasteiger partial charge < -0.3 is 15.0 Å². The van der Waals surface area contributed by atoms with Crippen molar-refractivity contribution < 1.29 is 9.53 Å². The summed E-state index contributed by atoms with van der Waals surface area (Å²) in [5, 5.41) is 2.94. The van der Waals surface area contributed by atoms with Crippen molar-refractivity contribution in [1.29, 1.82) is 0 Å². The second-order valence-electron chi connectivity index (χ2n) is 5.39. The van der Waals surface area contributed by atoms with Crippen molar-refractivity contribution in [2.45, 2.75) is 19.9 Å². The van der Waals surface area contributed by atoms with Crippen LogP contribution in [0.25, 0.3) is 0 Å². The summed E-state index contributed by atoms with van der Waals surface area (Å²) in [6, 6.07) is 18.0. The molecule has 2 rings (SSSR count). The summed E-state index contributed by atoms with van der Waals surface area (Å²) in [6.07, 6.45) is 0.937. The van der Waals surface area contributed by atoms with Crippen LogP contribution < -0.4 is 15.0 Å². The first-order valence-corrected chi connectivity index (χ1v) is 7.92. The van der Waals surface area contributed by atoms with E-state index in [9.17, 15) is 4.79 Å². The Morgan fingerprint density at radius 1 is 1.09 bits per heavy atom. The molecule has 0 aliphatic rings. The van der Waals surface area contributed by atoms with Gasteiger partial charge >= 0.3 is 0 Å². The molecule has 0 radical (unpaired) electrons. The molecule has 0 saturated heterocycles. The number of nitrogens with zero attached hydrogens (tertiary/aromatic N) is 1. The van der Waals surface area contributed by atoms with E-state index >= 15 is 0 Å². The molecule has 1 amide bonds. The summed E-state index contributed by atoms with van der Waals surface area (Å²) in [4.78, 5) is 14.2. The third-order valence-electron chi connectivity index (χ3n) is 3.56. The first-order valence-electron chi connectivity index (χ1n) is 7.92. The van der Waals surface area contributed by atoms with Crippen LogP contribution in [0.15, 0.2) is 54.6 Å². The lowest BCUT2D eigenvalue weighted by molar-refractivity contribution is -0.119. The maximum atomic E-state index is 12.1. The van der Waals surface area contributed by atoms with Crippen molar-refractivity contribution >= 4 is 11.6 Å². The number of anilines is 1. The number of benzene rings is 2. The summed E-state index contributed by atoms with van der Waals surface area (Å²) in [5.41, 5.74) is 2.17. The van der Waals surface area contributed by atoms with E-state index < -0.39 is 0 Å². The van der Waals surface area contributed by atoms with Crippen LogP contribution in [0.3, 0.4) is 0 Å². The summed E-state index contributed by atoms with van der Waals surface area (Å²) < 4.78 is 5.20. The molecule has 0 atom stereocenters. The number of carbonyl (C=O) groups is 1. The fourth-order valence-electron chi connectivity index (χ4n) is 2.33. The van der Waals surface area contributed by atoms with Gasteiger partial charge in [0.15, 0.2) is 0 Å². The average Bonchev–Trinajstić information content (AvgIpc) is 2.60. The van der Waals surface area contributed by atoms with Crippen LogP contribution in [0.5, 0.6) is 5.75 Å². The molecule has 0 aromatic heterocycles. The Morgan fingerprint density at radius 3 is 2.39 bits per heavy atom. The first kappa shape index (κ1) is 16.9. The van der Waals surface area contributed by atoms with E-state index in [1.165, 1.54) is 5.56 Å². The van der Waals surface area contributed by atoms with Gasteiger partial charge in [0.1, 0.15) is 5.75 Å². The van der Waals surface area contributed by atoms with Gasteiger partial charge in [-0.15, -0.1) is 0 Å². The van der Waals surface area contributed by atoms with Crippen molar-refractivity contribution in [2.75, 3.05) is 25.1 Å². The van der Waals surface area contributed by atoms with E-state index in [1.54, 1.807) is 7.11 Å². The van der Waals surface area contributed by atoms with Gasteiger partial charge in [0.2, 0.25) is 5.91 Å². The van der Waals surface area contributed by atoms with Crippen molar-refractivity contribution in [3.63, 3.8) is 0 Å². The Kier molecular flexibility index (Phi) is 6.48. The zero-order valence-corrected chi connectivity index (χ0v) is 13.8. The van der Waals surface area contributed by atoms with E-state index in [4.69, 9.17) is 4.74 Å². The summed E-state index contributed by atoms with van der Waals surface area (Å²) >= 11 is 0. The van der Waals surface area contributed by atoms with Crippen molar-refractivity contribution in [3.05, 3.63) is 60.2 Å². The highest BCUT2D eigenvalue weighted by Crippen LogP contribution is 2.21. The first-order chi connectivity index (χ1) is 11.2. The Morgan fingerprint density at radius 2 is 1.78 bits per heavy atom. The number of methoxy groups -OCH3 is 1. The van der Waals surface area contributed by atoms with E-state index in [0.717, 1.165) is 17.9 Å². The molecule has 0 heterocycles. The van der Waals surface area contributed by atoms with Crippen LogP contribution in [-0.2, 0) is 11.3 Å². The summed E-state index contributed by atoms with van der Waals surface area (Å²) in [6.45, 7) is 3.78. The van der Waals surface area contributed by atoms with Crippen molar-refractivity contribution in [2.24, 2.45) is 0 Å². The molecule has 0 aliphatic heterocycles. The van der Waals surface area contributed by atoms with Gasteiger partial charge in [-0.2, -0.15) is 0 Å². The molecule has 0 unspecified atom stereocenters. The van der Waals surface area contributed by atoms with Gasteiger partial charge in [-0.1, -0.05) is 37.3 Å². The fourth-order valence-corrected chi connectivity index (χ4v) is 2.33. The van der Waals surface area contributed by atoms with E-state index in [2.05, 4.69) is 22.3 Å². The van der Waals surface area contributed by atoms with Gasteiger partial charge in [0.25, 0.3) is 0 Å². The zero-order chi connectivity index (χ0) is 16.5. The second kappa shape index (κ2) is 8.83. The number of amides is 1. The lowest BCUT2D eigenvalue weighted by Crippen LogP contribution is -2.37. The number of hydrogen-bond donors (Lipinski definition) is 1. The molecule has 4 nitrogen and oxygen atoms in total. The van der Waals surface area contributed by atoms with Crippen molar-refractivity contribution in [1.82, 2.24) is 5.32 Å². The van der Waals surface area contributed by atoms with E-state index in [-0.39, 0.29) is 5.91 Å². The average molecular weight is 312 g/mol. The van der Waals surface area contributed by atoms with Gasteiger partial charge in [-0.05, 0) is 36.2 Å². The maximum Gasteiger partial charge on any atom is 0.239 e. The van der Waals surface area contributed by atoms with Crippen LogP contribution in [0.2, 0.25) is 0 Å². The SMILES string of the molecule is CCCNC(=O)CN(Cc1ccccc1)c1ccc(OC)cc1. The van der Waals surface area contributed by atoms with Crippen LogP contribution in [0.1, 0.15) is 18.9 Å². The number of nitrogens with one attached hydrogen (secondary N) is 1. The van der Waals surface area contributed by atoms with Gasteiger partial charge in [0.05, 0.1) is 13.7 Å². The smallest absolute Gasteiger partial charge is 0.239 e. The van der Waals surface area contributed by atoms with Crippen LogP contribution in [0, 0.1) is 0 Å². The molecule has 0 fully saturated rings. The monoisotopic (exact) mass is 312 g/mol. The fraction of sp³-hybridized carbons (Fsp3) is 0.316. The molecular formula is C19H24N2O2. The molecule has 23 heavy (non-hydrogen) atoms. The van der Waals surface area contributed by atoms with Crippen LogP contribution in [0.4, 0.5) is 5.69 Å². The maximum absolute atomic E-state index is 12.1. The Labute approximate surface area is 138 Å². The summed E-state index contributed by atoms with van der Waals surface area (Å²) in [7, 11) is 1.65. The van der Waals surface area contributed by atoms with Crippen LogP contribution in [-0.4, -0.2) is 26.1 Å². The molecule has 4 heteroatoms. The predicted molar refractivity (Wildman–Crippen MR) is 93.8 cm³/mol. The minimum absolute atomic E-state index is 0.0404. The number of hydrogen-bond acceptors (Lipinski definition) is 3. The van der Waals surface area contributed by atoms with Crippen molar-refractivity contribution in [3.8, 4) is 5.75 Å². The molecule has 0 bridgehead atoms. The lowest BCUT2D eigenvalue weighted by atomic mass is 10.2. The Bertz CT molecular complexity index is 597. The number of ether oxygens (including phenoxy) is 1. The van der Waals surface area contributed by atoms with Gasteiger partial charge in [-0.25, -0.2) is 0 Å². The lowest BCUT2D eigenvalue weighted by Gasteiger charge is -2.24. The largest absolute Gasteiger partial charge is 0.497 e. The third kappa shape index (κ3) is 5.33. The molecule has 0 aliphatic carbocycles. The van der Waals surface area contributed by atoms with Gasteiger partial charge in [-0.3, -0.25) is 4.79 Å². The highest BCUT2D eigenvalue weighted by atomic mass is 16.5. The molecule has 122 valence electrons. The molecule has 0 saturated carbocycles. The molecule has 1 N–H and O–H groups in total. The quantitative estimate of drug-likeness (QED) is 0.813. The molecule has 0 spiro atoms. The highest BCUT2D eigenvalue weighted by Gasteiger charge is 2.12. The predicted octanol–water partition coefficient (Wildman–Crippen LogP) is 3.23. The Hall–Kier alpha value is -2.49. The summed E-state index contributed by atoms with van der Waals surface area (Å²) in [5.74, 6) is 0.849. The highest BCUT2D eigenvalue weighted by molar-refractivity contribution is 5.81. The third-order valence-corrected chi connectivity index (χ3v) is 3.56. The van der Waals surface area contributed by atoms with E-state index in [1.807, 2.05) is 49.4 Å². The number of carbonyl (C=O) groups excluding carboxylic acids is 1. The standard InChI is InChI=1S/C19H24N2O2/c1-3-13-20-19(22)15-21(14-16-7-5-4-6-8-16)17-9-11-18(23-2)12-10-17/h4-12H,3,13-15H2,1-2H3,(H,20,22). The van der Waals surface area contributed by atoms with Gasteiger partial charge in [0, 0.05) is 18.8 Å². The van der Waals surface area contributed by atoms with E-state index in [0.29, 0.717) is 19.6 Å². The van der Waals surface area contributed by atoms with Crippen LogP contribution >= 0.6 is 0 Å². The number of rotatable bonds is 8. The minimum atomic E-state index is 0.0404. The molecule has 2 aromatic rings.